The number of nitrogens with zero attached hydrogens (tertiary/aromatic N) is 6. The summed E-state index contributed by atoms with van der Waals surface area (Å²) in [4.78, 5) is 14.2. The van der Waals surface area contributed by atoms with Crippen LogP contribution in [0, 0.1) is 0 Å². The van der Waals surface area contributed by atoms with Gasteiger partial charge in [0, 0.05) is 17.1 Å². The molecule has 4 rings (SSSR count). The lowest BCUT2D eigenvalue weighted by Crippen LogP contribution is -2.40. The Morgan fingerprint density at radius 1 is 1.05 bits per heavy atom. The summed E-state index contributed by atoms with van der Waals surface area (Å²) in [5.74, 6) is 1.24. The molecule has 1 aromatic carbocycles. The molecule has 0 radical (unpaired) electrons. The summed E-state index contributed by atoms with van der Waals surface area (Å²) in [6.45, 7) is 19.5. The molecule has 218 valence electrons. The van der Waals surface area contributed by atoms with Gasteiger partial charge in [0.05, 0.1) is 29.7 Å². The van der Waals surface area contributed by atoms with Crippen molar-refractivity contribution in [3.8, 4) is 17.1 Å². The standard InChI is InChI=1S/C31H42N6O2SSi/c1-10-12-26(36-40(38)30(2,3)4)29-32-18-17-25(35-29)22-15-16-23-20-33-37(27(23)19-22)28-14-11-13-24(34-28)21-39-41(8,9)31(5,6)7/h11,13-20H,10,12,21H2,1-9H3/b36-26-. The van der Waals surface area contributed by atoms with E-state index in [1.807, 2.05) is 68.0 Å². The van der Waals surface area contributed by atoms with Crippen molar-refractivity contribution in [3.05, 3.63) is 66.4 Å². The largest absolute Gasteiger partial charge is 0.591 e. The van der Waals surface area contributed by atoms with Crippen LogP contribution in [0.15, 0.2) is 59.3 Å². The van der Waals surface area contributed by atoms with Gasteiger partial charge in [-0.15, -0.1) is 0 Å². The highest BCUT2D eigenvalue weighted by Gasteiger charge is 2.37. The number of hydrogen-bond acceptors (Lipinski definition) is 7. The quantitative estimate of drug-likeness (QED) is 0.114. The van der Waals surface area contributed by atoms with Gasteiger partial charge in [-0.25, -0.2) is 19.6 Å². The van der Waals surface area contributed by atoms with Gasteiger partial charge in [0.2, 0.25) is 0 Å². The Hall–Kier alpha value is -2.92. The summed E-state index contributed by atoms with van der Waals surface area (Å²) in [5, 5.41) is 5.78. The van der Waals surface area contributed by atoms with Gasteiger partial charge < -0.3 is 8.98 Å². The predicted octanol–water partition coefficient (Wildman–Crippen LogP) is 7.45. The van der Waals surface area contributed by atoms with Gasteiger partial charge in [-0.05, 0) is 69.6 Å². The van der Waals surface area contributed by atoms with Crippen LogP contribution in [0.4, 0.5) is 0 Å². The first-order valence-electron chi connectivity index (χ1n) is 14.1. The third kappa shape index (κ3) is 7.30. The summed E-state index contributed by atoms with van der Waals surface area (Å²) in [6, 6.07) is 14.0. The van der Waals surface area contributed by atoms with Crippen molar-refractivity contribution < 1.29 is 8.98 Å². The molecule has 0 spiro atoms. The van der Waals surface area contributed by atoms with Crippen LogP contribution in [0.2, 0.25) is 18.1 Å². The molecule has 0 bridgehead atoms. The van der Waals surface area contributed by atoms with Gasteiger partial charge in [-0.3, -0.25) is 0 Å². The maximum absolute atomic E-state index is 12.8. The van der Waals surface area contributed by atoms with E-state index in [9.17, 15) is 4.55 Å². The monoisotopic (exact) mass is 590 g/mol. The molecule has 0 aliphatic rings. The maximum Gasteiger partial charge on any atom is 0.192 e. The molecule has 3 aromatic heterocycles. The van der Waals surface area contributed by atoms with E-state index in [2.05, 4.69) is 61.3 Å². The number of aromatic nitrogens is 5. The zero-order chi connectivity index (χ0) is 30.0. The Morgan fingerprint density at radius 2 is 1.80 bits per heavy atom. The highest BCUT2D eigenvalue weighted by Crippen LogP contribution is 2.37. The number of hydrogen-bond donors (Lipinski definition) is 0. The lowest BCUT2D eigenvalue weighted by atomic mass is 10.1. The molecule has 1 atom stereocenters. The van der Waals surface area contributed by atoms with E-state index < -0.39 is 24.4 Å². The highest BCUT2D eigenvalue weighted by atomic mass is 32.2. The number of rotatable bonds is 9. The van der Waals surface area contributed by atoms with Crippen LogP contribution in [0.25, 0.3) is 28.0 Å². The minimum Gasteiger partial charge on any atom is -0.591 e. The molecular weight excluding hydrogens is 549 g/mol. The summed E-state index contributed by atoms with van der Waals surface area (Å²) in [6.07, 6.45) is 5.08. The van der Waals surface area contributed by atoms with E-state index in [-0.39, 0.29) is 5.04 Å². The number of fused-ring (bicyclic) bond motifs is 1. The van der Waals surface area contributed by atoms with Gasteiger partial charge in [0.1, 0.15) is 21.8 Å². The van der Waals surface area contributed by atoms with Crippen LogP contribution in [0.1, 0.15) is 72.8 Å². The van der Waals surface area contributed by atoms with Crippen molar-refractivity contribution in [2.24, 2.45) is 4.40 Å². The fourth-order valence-electron chi connectivity index (χ4n) is 3.83. The average molecular weight is 591 g/mol. The first kappa shape index (κ1) is 31.0. The molecule has 3 heterocycles. The van der Waals surface area contributed by atoms with E-state index in [1.165, 1.54) is 0 Å². The van der Waals surface area contributed by atoms with Crippen molar-refractivity contribution in [2.45, 2.75) is 90.8 Å². The van der Waals surface area contributed by atoms with Crippen molar-refractivity contribution in [3.63, 3.8) is 0 Å². The molecular formula is C31H42N6O2SSi. The second kappa shape index (κ2) is 12.1. The molecule has 4 aromatic rings. The third-order valence-electron chi connectivity index (χ3n) is 7.38. The van der Waals surface area contributed by atoms with Gasteiger partial charge in [-0.2, -0.15) is 5.10 Å². The zero-order valence-electron chi connectivity index (χ0n) is 25.7. The van der Waals surface area contributed by atoms with Crippen molar-refractivity contribution in [1.82, 2.24) is 24.7 Å². The minimum absolute atomic E-state index is 0.132. The van der Waals surface area contributed by atoms with E-state index in [0.717, 1.165) is 40.1 Å². The fraction of sp³-hybridized carbons (Fsp3) is 0.452. The molecule has 41 heavy (non-hydrogen) atoms. The molecule has 0 N–H and O–H groups in total. The first-order chi connectivity index (χ1) is 19.2. The average Bonchev–Trinajstić information content (AvgIpc) is 3.34. The number of pyridine rings is 1. The molecule has 0 amide bonds. The first-order valence-corrected chi connectivity index (χ1v) is 18.1. The van der Waals surface area contributed by atoms with Crippen LogP contribution < -0.4 is 0 Å². The van der Waals surface area contributed by atoms with Crippen LogP contribution in [0.5, 0.6) is 0 Å². The smallest absolute Gasteiger partial charge is 0.192 e. The van der Waals surface area contributed by atoms with Gasteiger partial charge in [-0.1, -0.05) is 56.7 Å². The van der Waals surface area contributed by atoms with E-state index >= 15 is 0 Å². The minimum atomic E-state index is -1.90. The zero-order valence-corrected chi connectivity index (χ0v) is 27.5. The fourth-order valence-corrected chi connectivity index (χ4v) is 5.42. The highest BCUT2D eigenvalue weighted by molar-refractivity contribution is 7.91. The Morgan fingerprint density at radius 3 is 2.49 bits per heavy atom. The maximum atomic E-state index is 12.8. The molecule has 10 heteroatoms. The SMILES string of the molecule is CCC/C(=N/[S+]([O-])C(C)(C)C)c1nccc(-c2ccc3cnn(-c4cccc(CO[Si](C)(C)C(C)(C)C)n4)c3c2)n1. The van der Waals surface area contributed by atoms with Crippen LogP contribution in [0.3, 0.4) is 0 Å². The van der Waals surface area contributed by atoms with Crippen molar-refractivity contribution in [1.29, 1.82) is 0 Å². The topological polar surface area (TPSA) is 101 Å². The predicted molar refractivity (Wildman–Crippen MR) is 171 cm³/mol. The van der Waals surface area contributed by atoms with Crippen LogP contribution in [-0.4, -0.2) is 48.1 Å². The van der Waals surface area contributed by atoms with E-state index in [1.54, 1.807) is 6.20 Å². The molecule has 0 fully saturated rings. The second-order valence-electron chi connectivity index (χ2n) is 12.8. The lowest BCUT2D eigenvalue weighted by Gasteiger charge is -2.36. The molecule has 0 aliphatic heterocycles. The summed E-state index contributed by atoms with van der Waals surface area (Å²) in [5.41, 5.74) is 4.15. The van der Waals surface area contributed by atoms with Gasteiger partial charge >= 0.3 is 0 Å². The van der Waals surface area contributed by atoms with Crippen molar-refractivity contribution in [2.75, 3.05) is 0 Å². The second-order valence-corrected chi connectivity index (χ2v) is 19.5. The molecule has 0 aliphatic carbocycles. The summed E-state index contributed by atoms with van der Waals surface area (Å²) in [7, 11) is -1.90. The van der Waals surface area contributed by atoms with E-state index in [0.29, 0.717) is 24.6 Å². The molecule has 0 saturated carbocycles. The normalized spacial score (nSPS) is 14.0. The Balaban J connectivity index is 1.66. The molecule has 0 saturated heterocycles. The van der Waals surface area contributed by atoms with Crippen molar-refractivity contribution >= 4 is 36.3 Å². The Kier molecular flexibility index (Phi) is 9.18. The Labute approximate surface area is 248 Å². The van der Waals surface area contributed by atoms with E-state index in [4.69, 9.17) is 14.4 Å². The Bertz CT molecular complexity index is 1540. The lowest BCUT2D eigenvalue weighted by molar-refractivity contribution is 0.272. The van der Waals surface area contributed by atoms with Crippen LogP contribution in [-0.2, 0) is 22.4 Å². The van der Waals surface area contributed by atoms with Gasteiger partial charge in [0.25, 0.3) is 0 Å². The molecule has 8 nitrogen and oxygen atoms in total. The van der Waals surface area contributed by atoms with Gasteiger partial charge in [0.15, 0.2) is 20.0 Å². The third-order valence-corrected chi connectivity index (χ3v) is 13.3. The van der Waals surface area contributed by atoms with Crippen LogP contribution >= 0.6 is 0 Å². The summed E-state index contributed by atoms with van der Waals surface area (Å²) < 4.78 is 25.1. The summed E-state index contributed by atoms with van der Waals surface area (Å²) >= 11 is -1.39. The molecule has 1 unspecified atom stereocenters. The number of benzene rings is 1.